The lowest BCUT2D eigenvalue weighted by Crippen LogP contribution is -2.50. The summed E-state index contributed by atoms with van der Waals surface area (Å²) in [4.78, 5) is 42.6. The van der Waals surface area contributed by atoms with Gasteiger partial charge in [0.2, 0.25) is 5.91 Å². The zero-order valence-corrected chi connectivity index (χ0v) is 24.1. The number of amides is 3. The van der Waals surface area contributed by atoms with Crippen molar-refractivity contribution in [2.24, 2.45) is 5.73 Å². The Morgan fingerprint density at radius 2 is 1.63 bits per heavy atom. The number of carbonyl (C=O) groups is 3. The molecule has 3 fully saturated rings. The van der Waals surface area contributed by atoms with Gasteiger partial charge in [0.15, 0.2) is 0 Å². The summed E-state index contributed by atoms with van der Waals surface area (Å²) in [7, 11) is 0. The highest BCUT2D eigenvalue weighted by Crippen LogP contribution is 2.39. The van der Waals surface area contributed by atoms with Crippen LogP contribution in [0.4, 0.5) is 5.69 Å². The first kappa shape index (κ1) is 29.1. The van der Waals surface area contributed by atoms with Crippen LogP contribution in [-0.2, 0) is 4.79 Å². The number of hydrogen-bond acceptors (Lipinski definition) is 6. The van der Waals surface area contributed by atoms with Crippen molar-refractivity contribution in [3.63, 3.8) is 0 Å². The second kappa shape index (κ2) is 13.5. The lowest BCUT2D eigenvalue weighted by atomic mass is 9.83. The van der Waals surface area contributed by atoms with Gasteiger partial charge < -0.3 is 30.9 Å². The number of ether oxygens (including phenoxy) is 1. The standard InChI is InChI=1S/C32H43N5O4/c1-22-17-25(19-26(18-22)35-30(38)9-11-33)32(40)37-15-13-36(14-16-37)31(39)24-7-8-29(41-27-10-12-34-21-27)28(20-24)23-5-3-2-4-6-23/h7-8,17-20,23,27,34H,2-6,9-16,21,33H2,1H3,(H,35,38)/t27-/m0/s1. The van der Waals surface area contributed by atoms with Crippen LogP contribution < -0.4 is 21.1 Å². The van der Waals surface area contributed by atoms with Crippen molar-refractivity contribution in [1.29, 1.82) is 0 Å². The third-order valence-corrected chi connectivity index (χ3v) is 8.44. The minimum atomic E-state index is -0.176. The minimum Gasteiger partial charge on any atom is -0.489 e. The molecule has 9 nitrogen and oxygen atoms in total. The summed E-state index contributed by atoms with van der Waals surface area (Å²) < 4.78 is 6.41. The van der Waals surface area contributed by atoms with E-state index in [4.69, 9.17) is 10.5 Å². The van der Waals surface area contributed by atoms with Crippen LogP contribution in [0.2, 0.25) is 0 Å². The van der Waals surface area contributed by atoms with E-state index in [0.717, 1.165) is 43.7 Å². The molecule has 0 radical (unpaired) electrons. The summed E-state index contributed by atoms with van der Waals surface area (Å²) in [5.41, 5.74) is 9.35. The summed E-state index contributed by atoms with van der Waals surface area (Å²) in [6, 6.07) is 11.3. The van der Waals surface area contributed by atoms with Crippen molar-refractivity contribution in [2.45, 2.75) is 63.9 Å². The normalized spacial score (nSPS) is 19.7. The Bertz CT molecular complexity index is 1240. The maximum absolute atomic E-state index is 13.6. The average Bonchev–Trinajstić information content (AvgIpc) is 3.50. The lowest BCUT2D eigenvalue weighted by molar-refractivity contribution is -0.116. The molecule has 0 unspecified atom stereocenters. The zero-order valence-electron chi connectivity index (χ0n) is 24.1. The molecule has 0 aromatic heterocycles. The number of rotatable bonds is 8. The minimum absolute atomic E-state index is 0.00343. The largest absolute Gasteiger partial charge is 0.489 e. The Morgan fingerprint density at radius 1 is 0.927 bits per heavy atom. The molecular formula is C32H43N5O4. The van der Waals surface area contributed by atoms with Crippen molar-refractivity contribution < 1.29 is 19.1 Å². The second-order valence-corrected chi connectivity index (χ2v) is 11.6. The van der Waals surface area contributed by atoms with Gasteiger partial charge in [0, 0.05) is 62.5 Å². The predicted octanol–water partition coefficient (Wildman–Crippen LogP) is 3.67. The van der Waals surface area contributed by atoms with Crippen molar-refractivity contribution in [1.82, 2.24) is 15.1 Å². The molecule has 2 aliphatic heterocycles. The van der Waals surface area contributed by atoms with Gasteiger partial charge in [-0.05, 0) is 86.2 Å². The number of benzene rings is 2. The maximum atomic E-state index is 13.6. The van der Waals surface area contributed by atoms with E-state index in [2.05, 4.69) is 16.7 Å². The van der Waals surface area contributed by atoms with E-state index in [1.165, 1.54) is 24.8 Å². The van der Waals surface area contributed by atoms with Crippen molar-refractivity contribution in [2.75, 3.05) is 51.1 Å². The summed E-state index contributed by atoms with van der Waals surface area (Å²) in [5.74, 6) is 1.08. The first-order chi connectivity index (χ1) is 19.9. The fourth-order valence-corrected chi connectivity index (χ4v) is 6.24. The Hall–Kier alpha value is -3.43. The molecule has 1 aliphatic carbocycles. The van der Waals surface area contributed by atoms with Gasteiger partial charge in [0.25, 0.3) is 11.8 Å². The van der Waals surface area contributed by atoms with Crippen LogP contribution in [0.15, 0.2) is 36.4 Å². The highest BCUT2D eigenvalue weighted by Gasteiger charge is 2.28. The van der Waals surface area contributed by atoms with Gasteiger partial charge in [-0.25, -0.2) is 0 Å². The molecular weight excluding hydrogens is 518 g/mol. The number of aryl methyl sites for hydroxylation is 1. The molecule has 5 rings (SSSR count). The summed E-state index contributed by atoms with van der Waals surface area (Å²) in [6.07, 6.45) is 7.37. The average molecular weight is 562 g/mol. The van der Waals surface area contributed by atoms with Gasteiger partial charge >= 0.3 is 0 Å². The maximum Gasteiger partial charge on any atom is 0.254 e. The summed E-state index contributed by atoms with van der Waals surface area (Å²) in [6.45, 7) is 5.87. The topological polar surface area (TPSA) is 117 Å². The number of hydrogen-bond donors (Lipinski definition) is 3. The van der Waals surface area contributed by atoms with E-state index in [1.807, 2.05) is 36.1 Å². The molecule has 4 N–H and O–H groups in total. The zero-order chi connectivity index (χ0) is 28.8. The first-order valence-corrected chi connectivity index (χ1v) is 15.1. The fraction of sp³-hybridized carbons (Fsp3) is 0.531. The summed E-state index contributed by atoms with van der Waals surface area (Å²) >= 11 is 0. The van der Waals surface area contributed by atoms with Gasteiger partial charge in [-0.1, -0.05) is 19.3 Å². The SMILES string of the molecule is Cc1cc(NC(=O)CCN)cc(C(=O)N2CCN(C(=O)c3ccc(O[C@H]4CCNC4)c(C4CCCCC4)c3)CC2)c1. The van der Waals surface area contributed by atoms with Crippen LogP contribution in [0.3, 0.4) is 0 Å². The molecule has 2 aromatic rings. The fourth-order valence-electron chi connectivity index (χ4n) is 6.24. The lowest BCUT2D eigenvalue weighted by Gasteiger charge is -2.35. The molecule has 9 heteroatoms. The van der Waals surface area contributed by atoms with Crippen LogP contribution in [0, 0.1) is 6.92 Å². The van der Waals surface area contributed by atoms with Crippen LogP contribution >= 0.6 is 0 Å². The smallest absolute Gasteiger partial charge is 0.254 e. The summed E-state index contributed by atoms with van der Waals surface area (Å²) in [5, 5.41) is 6.19. The Morgan fingerprint density at radius 3 is 2.29 bits per heavy atom. The van der Waals surface area contributed by atoms with E-state index < -0.39 is 0 Å². The number of nitrogens with zero attached hydrogens (tertiary/aromatic N) is 2. The van der Waals surface area contributed by atoms with E-state index in [0.29, 0.717) is 48.9 Å². The Labute approximate surface area is 242 Å². The molecule has 220 valence electrons. The van der Waals surface area contributed by atoms with Crippen LogP contribution in [0.1, 0.15) is 82.7 Å². The van der Waals surface area contributed by atoms with E-state index in [9.17, 15) is 14.4 Å². The number of piperazine rings is 1. The van der Waals surface area contributed by atoms with E-state index in [1.54, 1.807) is 11.0 Å². The quantitative estimate of drug-likeness (QED) is 0.453. The molecule has 3 aliphatic rings. The van der Waals surface area contributed by atoms with Gasteiger partial charge in [0.1, 0.15) is 11.9 Å². The second-order valence-electron chi connectivity index (χ2n) is 11.6. The number of nitrogens with two attached hydrogens (primary N) is 1. The molecule has 1 saturated carbocycles. The Kier molecular flexibility index (Phi) is 9.57. The van der Waals surface area contributed by atoms with Gasteiger partial charge in [-0.15, -0.1) is 0 Å². The van der Waals surface area contributed by atoms with E-state index in [-0.39, 0.29) is 36.8 Å². The number of anilines is 1. The monoisotopic (exact) mass is 561 g/mol. The third kappa shape index (κ3) is 7.26. The molecule has 2 saturated heterocycles. The highest BCUT2D eigenvalue weighted by molar-refractivity contribution is 5.98. The van der Waals surface area contributed by atoms with Crippen LogP contribution in [0.5, 0.6) is 5.75 Å². The van der Waals surface area contributed by atoms with Crippen LogP contribution in [-0.4, -0.2) is 79.4 Å². The molecule has 1 atom stereocenters. The van der Waals surface area contributed by atoms with Gasteiger partial charge in [0.05, 0.1) is 0 Å². The molecule has 2 heterocycles. The molecule has 0 bridgehead atoms. The highest BCUT2D eigenvalue weighted by atomic mass is 16.5. The number of nitrogens with one attached hydrogen (secondary N) is 2. The van der Waals surface area contributed by atoms with Crippen molar-refractivity contribution in [3.8, 4) is 5.75 Å². The van der Waals surface area contributed by atoms with Crippen molar-refractivity contribution >= 4 is 23.4 Å². The molecule has 41 heavy (non-hydrogen) atoms. The number of carbonyl (C=O) groups excluding carboxylic acids is 3. The molecule has 3 amide bonds. The Balaban J connectivity index is 1.24. The third-order valence-electron chi connectivity index (χ3n) is 8.44. The van der Waals surface area contributed by atoms with Crippen LogP contribution in [0.25, 0.3) is 0 Å². The van der Waals surface area contributed by atoms with E-state index >= 15 is 0 Å². The van der Waals surface area contributed by atoms with Gasteiger partial charge in [-0.3, -0.25) is 14.4 Å². The molecule has 2 aromatic carbocycles. The van der Waals surface area contributed by atoms with Gasteiger partial charge in [-0.2, -0.15) is 0 Å². The molecule has 0 spiro atoms. The predicted molar refractivity (Wildman–Crippen MR) is 159 cm³/mol. The first-order valence-electron chi connectivity index (χ1n) is 15.1. The van der Waals surface area contributed by atoms with Crippen molar-refractivity contribution in [3.05, 3.63) is 58.7 Å².